The maximum absolute atomic E-state index is 13.7. The molecule has 0 heterocycles. The number of benzene rings is 3. The first-order valence-electron chi connectivity index (χ1n) is 9.12. The number of hydrogen-bond donors (Lipinski definition) is 1. The zero-order valence-electron chi connectivity index (χ0n) is 15.8. The Balaban J connectivity index is 2.02. The van der Waals surface area contributed by atoms with Gasteiger partial charge in [-0.05, 0) is 41.5 Å². The standard InChI is InChI=1S/C23H18Cl2FNO3/c24-17-9-10-19(20(25)13-17)22(28)27(14-16-7-4-8-18(26)11-16)21(23(29)30)12-15-5-2-1-3-6-15/h1-11,13,21H,12,14H2,(H,29,30). The summed E-state index contributed by atoms with van der Waals surface area (Å²) in [6.45, 7) is -0.0979. The summed E-state index contributed by atoms with van der Waals surface area (Å²) in [7, 11) is 0. The van der Waals surface area contributed by atoms with Crippen LogP contribution in [0, 0.1) is 5.82 Å². The molecule has 1 amide bonds. The smallest absolute Gasteiger partial charge is 0.326 e. The molecule has 0 spiro atoms. The van der Waals surface area contributed by atoms with E-state index in [9.17, 15) is 19.1 Å². The largest absolute Gasteiger partial charge is 0.480 e. The third kappa shape index (κ3) is 5.38. The molecule has 0 aliphatic carbocycles. The molecule has 154 valence electrons. The second-order valence-corrected chi connectivity index (χ2v) is 7.57. The normalized spacial score (nSPS) is 11.7. The lowest BCUT2D eigenvalue weighted by atomic mass is 10.0. The average molecular weight is 446 g/mol. The van der Waals surface area contributed by atoms with Crippen molar-refractivity contribution in [2.24, 2.45) is 0 Å². The van der Waals surface area contributed by atoms with Gasteiger partial charge in [0.05, 0.1) is 10.6 Å². The van der Waals surface area contributed by atoms with E-state index in [1.165, 1.54) is 41.3 Å². The molecule has 0 bridgehead atoms. The maximum atomic E-state index is 13.7. The molecule has 0 saturated carbocycles. The number of nitrogens with zero attached hydrogens (tertiary/aromatic N) is 1. The lowest BCUT2D eigenvalue weighted by Gasteiger charge is -2.30. The average Bonchev–Trinajstić information content (AvgIpc) is 2.71. The number of carboxylic acids is 1. The maximum Gasteiger partial charge on any atom is 0.326 e. The van der Waals surface area contributed by atoms with E-state index in [0.29, 0.717) is 10.6 Å². The van der Waals surface area contributed by atoms with Gasteiger partial charge < -0.3 is 10.0 Å². The quantitative estimate of drug-likeness (QED) is 0.524. The Bertz CT molecular complexity index is 1060. The van der Waals surface area contributed by atoms with E-state index in [2.05, 4.69) is 0 Å². The Hall–Kier alpha value is -2.89. The molecule has 1 N–H and O–H groups in total. The van der Waals surface area contributed by atoms with E-state index >= 15 is 0 Å². The summed E-state index contributed by atoms with van der Waals surface area (Å²) in [5, 5.41) is 10.4. The molecule has 4 nitrogen and oxygen atoms in total. The van der Waals surface area contributed by atoms with E-state index in [1.807, 2.05) is 6.07 Å². The van der Waals surface area contributed by atoms with Gasteiger partial charge in [-0.25, -0.2) is 9.18 Å². The van der Waals surface area contributed by atoms with E-state index in [0.717, 1.165) is 5.56 Å². The van der Waals surface area contributed by atoms with Crippen LogP contribution in [0.5, 0.6) is 0 Å². The minimum absolute atomic E-state index is 0.0858. The van der Waals surface area contributed by atoms with Crippen LogP contribution < -0.4 is 0 Å². The van der Waals surface area contributed by atoms with Gasteiger partial charge in [-0.2, -0.15) is 0 Å². The fourth-order valence-electron chi connectivity index (χ4n) is 3.14. The molecule has 7 heteroatoms. The van der Waals surface area contributed by atoms with Crippen molar-refractivity contribution in [2.75, 3.05) is 0 Å². The summed E-state index contributed by atoms with van der Waals surface area (Å²) in [6.07, 6.45) is 0.0858. The molecule has 3 aromatic carbocycles. The Morgan fingerprint density at radius 3 is 2.27 bits per heavy atom. The van der Waals surface area contributed by atoms with Gasteiger partial charge in [0.1, 0.15) is 11.9 Å². The van der Waals surface area contributed by atoms with Crippen LogP contribution in [0.25, 0.3) is 0 Å². The first kappa shape index (κ1) is 21.8. The molecule has 3 aromatic rings. The summed E-state index contributed by atoms with van der Waals surface area (Å²) in [5.41, 5.74) is 1.34. The van der Waals surface area contributed by atoms with Crippen molar-refractivity contribution in [3.05, 3.63) is 105 Å². The number of carbonyl (C=O) groups is 2. The van der Waals surface area contributed by atoms with Crippen molar-refractivity contribution in [1.29, 1.82) is 0 Å². The second-order valence-electron chi connectivity index (χ2n) is 6.73. The first-order valence-corrected chi connectivity index (χ1v) is 9.88. The predicted molar refractivity (Wildman–Crippen MR) is 114 cm³/mol. The van der Waals surface area contributed by atoms with Crippen molar-refractivity contribution in [3.63, 3.8) is 0 Å². The molecule has 0 aliphatic rings. The Labute approximate surface area is 183 Å². The number of amides is 1. The summed E-state index contributed by atoms with van der Waals surface area (Å²) < 4.78 is 13.7. The van der Waals surface area contributed by atoms with Crippen LogP contribution >= 0.6 is 23.2 Å². The predicted octanol–water partition coefficient (Wildman–Crippen LogP) is 5.47. The van der Waals surface area contributed by atoms with Gasteiger partial charge in [-0.3, -0.25) is 4.79 Å². The molecular weight excluding hydrogens is 428 g/mol. The lowest BCUT2D eigenvalue weighted by Crippen LogP contribution is -2.46. The van der Waals surface area contributed by atoms with Gasteiger partial charge in [-0.15, -0.1) is 0 Å². The zero-order chi connectivity index (χ0) is 21.7. The molecule has 1 atom stereocenters. The van der Waals surface area contributed by atoms with E-state index in [-0.39, 0.29) is 23.6 Å². The number of halogens is 3. The fourth-order valence-corrected chi connectivity index (χ4v) is 3.63. The highest BCUT2D eigenvalue weighted by atomic mass is 35.5. The number of hydrogen-bond acceptors (Lipinski definition) is 2. The van der Waals surface area contributed by atoms with Gasteiger partial charge in [0.15, 0.2) is 0 Å². The van der Waals surface area contributed by atoms with Gasteiger partial charge in [0.25, 0.3) is 5.91 Å². The molecular formula is C23H18Cl2FNO3. The van der Waals surface area contributed by atoms with Gasteiger partial charge in [-0.1, -0.05) is 65.7 Å². The molecule has 1 unspecified atom stereocenters. The van der Waals surface area contributed by atoms with Crippen LogP contribution in [0.1, 0.15) is 21.5 Å². The van der Waals surface area contributed by atoms with E-state index < -0.39 is 23.7 Å². The molecule has 3 rings (SSSR count). The van der Waals surface area contributed by atoms with Gasteiger partial charge in [0.2, 0.25) is 0 Å². The van der Waals surface area contributed by atoms with Crippen molar-refractivity contribution in [1.82, 2.24) is 4.90 Å². The SMILES string of the molecule is O=C(O)C(Cc1ccccc1)N(Cc1cccc(F)c1)C(=O)c1ccc(Cl)cc1Cl. The molecule has 0 radical (unpaired) electrons. The molecule has 0 aromatic heterocycles. The minimum atomic E-state index is -1.19. The van der Waals surface area contributed by atoms with Crippen molar-refractivity contribution < 1.29 is 19.1 Å². The lowest BCUT2D eigenvalue weighted by molar-refractivity contribution is -0.142. The summed E-state index contributed by atoms with van der Waals surface area (Å²) in [6, 6.07) is 17.9. The Morgan fingerprint density at radius 1 is 0.933 bits per heavy atom. The Kier molecular flexibility index (Phi) is 7.08. The monoisotopic (exact) mass is 445 g/mol. The van der Waals surface area contributed by atoms with Crippen LogP contribution in [0.4, 0.5) is 4.39 Å². The minimum Gasteiger partial charge on any atom is -0.480 e. The van der Waals surface area contributed by atoms with E-state index in [4.69, 9.17) is 23.2 Å². The third-order valence-electron chi connectivity index (χ3n) is 4.60. The summed E-state index contributed by atoms with van der Waals surface area (Å²) in [5.74, 6) is -2.22. The van der Waals surface area contributed by atoms with E-state index in [1.54, 1.807) is 30.3 Å². The molecule has 0 fully saturated rings. The van der Waals surface area contributed by atoms with Crippen LogP contribution in [-0.2, 0) is 17.8 Å². The zero-order valence-corrected chi connectivity index (χ0v) is 17.3. The Morgan fingerprint density at radius 2 is 1.63 bits per heavy atom. The van der Waals surface area contributed by atoms with Crippen molar-refractivity contribution in [2.45, 2.75) is 19.0 Å². The summed E-state index contributed by atoms with van der Waals surface area (Å²) in [4.78, 5) is 26.7. The number of carbonyl (C=O) groups excluding carboxylic acids is 1. The number of aliphatic carboxylic acids is 1. The summed E-state index contributed by atoms with van der Waals surface area (Å²) >= 11 is 12.1. The fraction of sp³-hybridized carbons (Fsp3) is 0.130. The molecule has 0 aliphatic heterocycles. The highest BCUT2D eigenvalue weighted by molar-refractivity contribution is 6.36. The van der Waals surface area contributed by atoms with Crippen LogP contribution in [0.15, 0.2) is 72.8 Å². The van der Waals surface area contributed by atoms with Gasteiger partial charge >= 0.3 is 5.97 Å². The van der Waals surface area contributed by atoms with Crippen LogP contribution in [0.3, 0.4) is 0 Å². The number of carboxylic acid groups (broad SMARTS) is 1. The topological polar surface area (TPSA) is 57.6 Å². The molecule has 30 heavy (non-hydrogen) atoms. The highest BCUT2D eigenvalue weighted by Gasteiger charge is 2.31. The molecule has 0 saturated heterocycles. The van der Waals surface area contributed by atoms with Gasteiger partial charge in [0, 0.05) is 18.0 Å². The van der Waals surface area contributed by atoms with Crippen molar-refractivity contribution >= 4 is 35.1 Å². The second kappa shape index (κ2) is 9.74. The highest BCUT2D eigenvalue weighted by Crippen LogP contribution is 2.25. The number of rotatable bonds is 7. The van der Waals surface area contributed by atoms with Crippen LogP contribution in [-0.4, -0.2) is 27.9 Å². The first-order chi connectivity index (χ1) is 14.3. The van der Waals surface area contributed by atoms with Crippen molar-refractivity contribution in [3.8, 4) is 0 Å². The van der Waals surface area contributed by atoms with Crippen LogP contribution in [0.2, 0.25) is 10.0 Å². The third-order valence-corrected chi connectivity index (χ3v) is 5.15.